The number of carbonyl (C=O) groups excluding carboxylic acids is 1. The van der Waals surface area contributed by atoms with Crippen LogP contribution >= 0.6 is 15.9 Å². The molecule has 5 heteroatoms. The van der Waals surface area contributed by atoms with Gasteiger partial charge in [-0.3, -0.25) is 9.89 Å². The molecule has 0 saturated heterocycles. The van der Waals surface area contributed by atoms with Crippen molar-refractivity contribution in [3.8, 4) is 0 Å². The molecule has 0 aliphatic rings. The monoisotopic (exact) mass is 245 g/mol. The van der Waals surface area contributed by atoms with E-state index in [9.17, 15) is 4.79 Å². The molecule has 1 atom stereocenters. The highest BCUT2D eigenvalue weighted by molar-refractivity contribution is 9.09. The Morgan fingerprint density at radius 1 is 1.85 bits per heavy atom. The van der Waals surface area contributed by atoms with Crippen LogP contribution in [0.15, 0.2) is 12.4 Å². The van der Waals surface area contributed by atoms with E-state index in [1.54, 1.807) is 18.1 Å². The molecule has 0 aliphatic heterocycles. The Labute approximate surface area is 85.4 Å². The Balaban J connectivity index is 2.58. The van der Waals surface area contributed by atoms with Crippen molar-refractivity contribution >= 4 is 21.8 Å². The maximum atomic E-state index is 11.6. The van der Waals surface area contributed by atoms with E-state index in [4.69, 9.17) is 0 Å². The van der Waals surface area contributed by atoms with Crippen molar-refractivity contribution in [2.24, 2.45) is 0 Å². The van der Waals surface area contributed by atoms with E-state index in [2.05, 4.69) is 26.1 Å². The first-order chi connectivity index (χ1) is 6.11. The average molecular weight is 246 g/mol. The van der Waals surface area contributed by atoms with Gasteiger partial charge >= 0.3 is 0 Å². The maximum Gasteiger partial charge on any atom is 0.256 e. The molecule has 1 amide bonds. The highest BCUT2D eigenvalue weighted by atomic mass is 79.9. The molecular formula is C8H12BrN3O. The molecule has 1 unspecified atom stereocenters. The fourth-order valence-corrected chi connectivity index (χ4v) is 1.48. The van der Waals surface area contributed by atoms with E-state index in [1.807, 2.05) is 6.92 Å². The van der Waals surface area contributed by atoms with E-state index in [0.717, 1.165) is 0 Å². The highest BCUT2D eigenvalue weighted by Gasteiger charge is 2.13. The summed E-state index contributed by atoms with van der Waals surface area (Å²) in [4.78, 5) is 13.5. The van der Waals surface area contributed by atoms with Gasteiger partial charge in [0.05, 0.1) is 11.8 Å². The Morgan fingerprint density at radius 3 is 3.00 bits per heavy atom. The van der Waals surface area contributed by atoms with Crippen molar-refractivity contribution in [1.29, 1.82) is 0 Å². The van der Waals surface area contributed by atoms with Gasteiger partial charge in [0.1, 0.15) is 0 Å². The lowest BCUT2D eigenvalue weighted by atomic mass is 10.3. The maximum absolute atomic E-state index is 11.6. The van der Waals surface area contributed by atoms with Crippen LogP contribution in [0.1, 0.15) is 17.3 Å². The van der Waals surface area contributed by atoms with E-state index in [-0.39, 0.29) is 5.91 Å². The van der Waals surface area contributed by atoms with Crippen molar-refractivity contribution in [3.05, 3.63) is 18.0 Å². The number of amides is 1. The molecule has 72 valence electrons. The van der Waals surface area contributed by atoms with E-state index in [0.29, 0.717) is 16.9 Å². The van der Waals surface area contributed by atoms with E-state index < -0.39 is 0 Å². The van der Waals surface area contributed by atoms with Crippen LogP contribution in [-0.2, 0) is 0 Å². The van der Waals surface area contributed by atoms with Crippen LogP contribution in [0.25, 0.3) is 0 Å². The lowest BCUT2D eigenvalue weighted by molar-refractivity contribution is 0.0797. The van der Waals surface area contributed by atoms with Crippen LogP contribution in [0.5, 0.6) is 0 Å². The average Bonchev–Trinajstić information content (AvgIpc) is 2.53. The Bertz CT molecular complexity index is 271. The van der Waals surface area contributed by atoms with Gasteiger partial charge in [-0.2, -0.15) is 5.10 Å². The predicted octanol–water partition coefficient (Wildman–Crippen LogP) is 1.27. The fourth-order valence-electron chi connectivity index (χ4n) is 1.05. The van der Waals surface area contributed by atoms with Gasteiger partial charge < -0.3 is 4.90 Å². The molecule has 1 aromatic rings. The number of halogens is 1. The normalized spacial score (nSPS) is 12.5. The Kier molecular flexibility index (Phi) is 3.48. The molecule has 1 N–H and O–H groups in total. The Hall–Kier alpha value is -0.840. The second-order valence-electron chi connectivity index (χ2n) is 2.95. The summed E-state index contributed by atoms with van der Waals surface area (Å²) in [5.41, 5.74) is 0.593. The second-order valence-corrected chi connectivity index (χ2v) is 4.52. The van der Waals surface area contributed by atoms with Crippen LogP contribution in [0.4, 0.5) is 0 Å². The lowest BCUT2D eigenvalue weighted by Crippen LogP contribution is -2.30. The molecule has 13 heavy (non-hydrogen) atoms. The molecule has 1 heterocycles. The van der Waals surface area contributed by atoms with Crippen LogP contribution in [0.2, 0.25) is 0 Å². The van der Waals surface area contributed by atoms with Gasteiger partial charge in [-0.15, -0.1) is 0 Å². The zero-order valence-corrected chi connectivity index (χ0v) is 9.21. The van der Waals surface area contributed by atoms with Crippen LogP contribution < -0.4 is 0 Å². The topological polar surface area (TPSA) is 49.0 Å². The van der Waals surface area contributed by atoms with Gasteiger partial charge in [-0.1, -0.05) is 22.9 Å². The van der Waals surface area contributed by atoms with E-state index >= 15 is 0 Å². The van der Waals surface area contributed by atoms with Crippen molar-refractivity contribution < 1.29 is 4.79 Å². The van der Waals surface area contributed by atoms with Crippen molar-refractivity contribution in [2.75, 3.05) is 13.6 Å². The first-order valence-electron chi connectivity index (χ1n) is 3.99. The third-order valence-corrected chi connectivity index (χ3v) is 1.91. The highest BCUT2D eigenvalue weighted by Crippen LogP contribution is 2.04. The predicted molar refractivity (Wildman–Crippen MR) is 53.9 cm³/mol. The van der Waals surface area contributed by atoms with E-state index in [1.165, 1.54) is 6.20 Å². The summed E-state index contributed by atoms with van der Waals surface area (Å²) < 4.78 is 0. The quantitative estimate of drug-likeness (QED) is 0.816. The molecule has 0 spiro atoms. The SMILES string of the molecule is CC(Br)CN(C)C(=O)c1cn[nH]c1. The van der Waals surface area contributed by atoms with Crippen LogP contribution in [-0.4, -0.2) is 39.4 Å². The number of hydrogen-bond acceptors (Lipinski definition) is 2. The van der Waals surface area contributed by atoms with Gasteiger partial charge in [-0.05, 0) is 0 Å². The van der Waals surface area contributed by atoms with Crippen LogP contribution in [0, 0.1) is 0 Å². The molecule has 1 aromatic heterocycles. The third kappa shape index (κ3) is 2.84. The molecular weight excluding hydrogens is 234 g/mol. The summed E-state index contributed by atoms with van der Waals surface area (Å²) in [5, 5.41) is 6.33. The van der Waals surface area contributed by atoms with Gasteiger partial charge in [0.25, 0.3) is 5.91 Å². The summed E-state index contributed by atoms with van der Waals surface area (Å²) in [6, 6.07) is 0. The zero-order valence-electron chi connectivity index (χ0n) is 7.62. The molecule has 0 fully saturated rings. The largest absolute Gasteiger partial charge is 0.341 e. The van der Waals surface area contributed by atoms with Gasteiger partial charge in [0.2, 0.25) is 0 Å². The minimum Gasteiger partial charge on any atom is -0.341 e. The van der Waals surface area contributed by atoms with Crippen molar-refractivity contribution in [3.63, 3.8) is 0 Å². The lowest BCUT2D eigenvalue weighted by Gasteiger charge is -2.17. The number of H-pyrrole nitrogens is 1. The summed E-state index contributed by atoms with van der Waals surface area (Å²) in [7, 11) is 1.77. The molecule has 0 saturated carbocycles. The fraction of sp³-hybridized carbons (Fsp3) is 0.500. The molecule has 0 aromatic carbocycles. The number of rotatable bonds is 3. The molecule has 0 radical (unpaired) electrons. The molecule has 0 aliphatic carbocycles. The Morgan fingerprint density at radius 2 is 2.54 bits per heavy atom. The number of aromatic amines is 1. The number of aromatic nitrogens is 2. The number of hydrogen-bond donors (Lipinski definition) is 1. The summed E-state index contributed by atoms with van der Waals surface area (Å²) in [6.07, 6.45) is 3.12. The van der Waals surface area contributed by atoms with Crippen molar-refractivity contribution in [1.82, 2.24) is 15.1 Å². The minimum absolute atomic E-state index is 0.0138. The number of nitrogens with zero attached hydrogens (tertiary/aromatic N) is 2. The van der Waals surface area contributed by atoms with Gasteiger partial charge in [0.15, 0.2) is 0 Å². The first kappa shape index (κ1) is 10.2. The van der Waals surface area contributed by atoms with Gasteiger partial charge in [0, 0.05) is 24.6 Å². The number of nitrogens with one attached hydrogen (secondary N) is 1. The molecule has 1 rings (SSSR count). The van der Waals surface area contributed by atoms with Gasteiger partial charge in [-0.25, -0.2) is 0 Å². The smallest absolute Gasteiger partial charge is 0.256 e. The standard InChI is InChI=1S/C8H12BrN3O/c1-6(9)5-12(2)8(13)7-3-10-11-4-7/h3-4,6H,5H2,1-2H3,(H,10,11). The number of carbonyl (C=O) groups is 1. The first-order valence-corrected chi connectivity index (χ1v) is 4.91. The third-order valence-electron chi connectivity index (χ3n) is 1.62. The second kappa shape index (κ2) is 4.41. The minimum atomic E-state index is -0.0138. The molecule has 4 nitrogen and oxygen atoms in total. The summed E-state index contributed by atoms with van der Waals surface area (Å²) >= 11 is 3.39. The zero-order chi connectivity index (χ0) is 9.84. The number of alkyl halides is 1. The van der Waals surface area contributed by atoms with Crippen molar-refractivity contribution in [2.45, 2.75) is 11.8 Å². The summed E-state index contributed by atoms with van der Waals surface area (Å²) in [6.45, 7) is 2.68. The molecule has 0 bridgehead atoms. The summed E-state index contributed by atoms with van der Waals surface area (Å²) in [5.74, 6) is -0.0138. The van der Waals surface area contributed by atoms with Crippen LogP contribution in [0.3, 0.4) is 0 Å².